The minimum Gasteiger partial charge on any atom is -0.310 e. The average Bonchev–Trinajstić information content (AvgIpc) is 3.04. The van der Waals surface area contributed by atoms with Crippen molar-refractivity contribution in [1.29, 1.82) is 0 Å². The van der Waals surface area contributed by atoms with Crippen molar-refractivity contribution in [2.24, 2.45) is 23.2 Å². The van der Waals surface area contributed by atoms with Crippen molar-refractivity contribution >= 4 is 17.5 Å². The largest absolute Gasteiger partial charge is 0.310 e. The van der Waals surface area contributed by atoms with Crippen LogP contribution in [0.3, 0.4) is 0 Å². The van der Waals surface area contributed by atoms with Crippen LogP contribution in [0.25, 0.3) is 0 Å². The highest BCUT2D eigenvalue weighted by Crippen LogP contribution is 2.60. The second-order valence-electron chi connectivity index (χ2n) is 8.84. The Balaban J connectivity index is 1.17. The average molecular weight is 354 g/mol. The van der Waals surface area contributed by atoms with Crippen LogP contribution in [0.2, 0.25) is 0 Å². The molecule has 5 nitrogen and oxygen atoms in total. The highest BCUT2D eigenvalue weighted by molar-refractivity contribution is 5.96. The highest BCUT2D eigenvalue weighted by atomic mass is 16.7. The summed E-state index contributed by atoms with van der Waals surface area (Å²) in [5.74, 6) is 2.06. The molecule has 0 spiro atoms. The molecule has 1 aliphatic heterocycles. The molecule has 5 heteroatoms. The zero-order valence-corrected chi connectivity index (χ0v) is 15.1. The zero-order valence-electron chi connectivity index (χ0n) is 15.1. The van der Waals surface area contributed by atoms with Crippen molar-refractivity contribution in [3.63, 3.8) is 0 Å². The predicted octanol–water partition coefficient (Wildman–Crippen LogP) is 2.84. The minimum absolute atomic E-state index is 0.00576. The monoisotopic (exact) mass is 354 g/mol. The molecular formula is C21H26N2O3. The first-order chi connectivity index (χ1) is 12.6. The van der Waals surface area contributed by atoms with E-state index in [-0.39, 0.29) is 23.8 Å². The fraction of sp³-hybridized carbons (Fsp3) is 0.619. The molecule has 1 aromatic rings. The summed E-state index contributed by atoms with van der Waals surface area (Å²) in [5.41, 5.74) is 4.55. The van der Waals surface area contributed by atoms with Gasteiger partial charge in [0.1, 0.15) is 0 Å². The number of anilines is 1. The second kappa shape index (κ2) is 6.08. The number of carbonyl (C=O) groups excluding carboxylic acids is 2. The van der Waals surface area contributed by atoms with E-state index >= 15 is 0 Å². The molecule has 0 atom stereocenters. The van der Waals surface area contributed by atoms with Crippen LogP contribution in [0.15, 0.2) is 24.3 Å². The van der Waals surface area contributed by atoms with Crippen molar-refractivity contribution < 1.29 is 14.4 Å². The van der Waals surface area contributed by atoms with Gasteiger partial charge in [-0.05, 0) is 74.3 Å². The highest BCUT2D eigenvalue weighted by Gasteiger charge is 2.54. The Hall–Kier alpha value is -1.88. The van der Waals surface area contributed by atoms with Crippen LogP contribution in [0.5, 0.6) is 0 Å². The van der Waals surface area contributed by atoms with Crippen molar-refractivity contribution in [2.75, 3.05) is 18.1 Å². The van der Waals surface area contributed by atoms with E-state index in [2.05, 4.69) is 11.5 Å². The third kappa shape index (κ3) is 2.64. The van der Waals surface area contributed by atoms with Gasteiger partial charge in [0.2, 0.25) is 5.91 Å². The van der Waals surface area contributed by atoms with E-state index in [9.17, 15) is 9.59 Å². The summed E-state index contributed by atoms with van der Waals surface area (Å²) in [6.07, 6.45) is 7.80. The Morgan fingerprint density at radius 3 is 2.42 bits per heavy atom. The van der Waals surface area contributed by atoms with Crippen molar-refractivity contribution in [3.8, 4) is 0 Å². The summed E-state index contributed by atoms with van der Waals surface area (Å²) in [7, 11) is 0. The van der Waals surface area contributed by atoms with Gasteiger partial charge in [0.15, 0.2) is 6.61 Å². The number of hydrogen-bond donors (Lipinski definition) is 1. The van der Waals surface area contributed by atoms with Gasteiger partial charge < -0.3 is 4.90 Å². The molecule has 0 aromatic heterocycles. The fourth-order valence-corrected chi connectivity index (χ4v) is 6.34. The van der Waals surface area contributed by atoms with E-state index in [1.54, 1.807) is 4.90 Å². The molecule has 4 aliphatic carbocycles. The minimum atomic E-state index is -0.238. The zero-order chi connectivity index (χ0) is 17.7. The first-order valence-electron chi connectivity index (χ1n) is 9.93. The maximum absolute atomic E-state index is 12.8. The van der Waals surface area contributed by atoms with Gasteiger partial charge in [-0.25, -0.2) is 5.48 Å². The topological polar surface area (TPSA) is 58.6 Å². The van der Waals surface area contributed by atoms with Crippen LogP contribution in [-0.4, -0.2) is 25.0 Å². The van der Waals surface area contributed by atoms with Gasteiger partial charge in [0.25, 0.3) is 5.91 Å². The fourth-order valence-electron chi connectivity index (χ4n) is 6.34. The van der Waals surface area contributed by atoms with Crippen LogP contribution < -0.4 is 10.4 Å². The predicted molar refractivity (Wildman–Crippen MR) is 97.2 cm³/mol. The molecule has 4 fully saturated rings. The lowest BCUT2D eigenvalue weighted by Crippen LogP contribution is -2.53. The van der Waals surface area contributed by atoms with Crippen LogP contribution in [0, 0.1) is 23.2 Å². The lowest BCUT2D eigenvalue weighted by Gasteiger charge is -2.55. The van der Waals surface area contributed by atoms with E-state index in [0.29, 0.717) is 6.54 Å². The molecule has 4 saturated carbocycles. The maximum atomic E-state index is 12.8. The first kappa shape index (κ1) is 16.3. The number of amides is 2. The van der Waals surface area contributed by atoms with Crippen LogP contribution in [0.4, 0.5) is 5.69 Å². The number of para-hydroxylation sites is 1. The Morgan fingerprint density at radius 1 is 1.08 bits per heavy atom. The maximum Gasteiger partial charge on any atom is 0.255 e. The van der Waals surface area contributed by atoms with Gasteiger partial charge in [-0.1, -0.05) is 18.2 Å². The molecule has 26 heavy (non-hydrogen) atoms. The molecule has 1 N–H and O–H groups in total. The van der Waals surface area contributed by atoms with Gasteiger partial charge in [-0.15, -0.1) is 0 Å². The lowest BCUT2D eigenvalue weighted by atomic mass is 9.49. The van der Waals surface area contributed by atoms with E-state index < -0.39 is 0 Å². The van der Waals surface area contributed by atoms with Gasteiger partial charge in [0.05, 0.1) is 5.41 Å². The second-order valence-corrected chi connectivity index (χ2v) is 8.84. The number of hydroxylamine groups is 1. The Labute approximate surface area is 154 Å². The molecule has 4 bridgehead atoms. The summed E-state index contributed by atoms with van der Waals surface area (Å²) >= 11 is 0. The summed E-state index contributed by atoms with van der Waals surface area (Å²) in [6, 6.07) is 7.96. The van der Waals surface area contributed by atoms with E-state index in [4.69, 9.17) is 4.84 Å². The number of hydrogen-bond acceptors (Lipinski definition) is 3. The molecule has 2 amide bonds. The van der Waals surface area contributed by atoms with Gasteiger partial charge in [-0.3, -0.25) is 14.4 Å². The quantitative estimate of drug-likeness (QED) is 0.846. The number of fused-ring (bicyclic) bond motifs is 1. The third-order valence-electron chi connectivity index (χ3n) is 7.07. The van der Waals surface area contributed by atoms with Crippen LogP contribution >= 0.6 is 0 Å². The number of carbonyl (C=O) groups is 2. The molecule has 0 unspecified atom stereocenters. The normalized spacial score (nSPS) is 34.0. The van der Waals surface area contributed by atoms with E-state index in [0.717, 1.165) is 49.1 Å². The Morgan fingerprint density at radius 2 is 1.73 bits per heavy atom. The molecular weight excluding hydrogens is 328 g/mol. The summed E-state index contributed by atoms with van der Waals surface area (Å²) < 4.78 is 0. The molecule has 0 radical (unpaired) electrons. The van der Waals surface area contributed by atoms with Crippen LogP contribution in [-0.2, 0) is 20.8 Å². The summed E-state index contributed by atoms with van der Waals surface area (Å²) in [6.45, 7) is 0.580. The number of rotatable bonds is 4. The first-order valence-corrected chi connectivity index (χ1v) is 9.93. The van der Waals surface area contributed by atoms with E-state index in [1.165, 1.54) is 24.8 Å². The Kier molecular flexibility index (Phi) is 3.82. The third-order valence-corrected chi connectivity index (χ3v) is 7.07. The molecule has 1 heterocycles. The van der Waals surface area contributed by atoms with Crippen LogP contribution in [0.1, 0.15) is 44.1 Å². The van der Waals surface area contributed by atoms with Gasteiger partial charge in [-0.2, -0.15) is 0 Å². The molecule has 1 aromatic carbocycles. The molecule has 5 aliphatic rings. The summed E-state index contributed by atoms with van der Waals surface area (Å²) in [4.78, 5) is 32.5. The van der Waals surface area contributed by atoms with Crippen molar-refractivity contribution in [2.45, 2.75) is 44.9 Å². The standard InChI is InChI=1S/C21H26N2O3/c24-19(23-6-5-17-3-1-2-4-18(17)23)13-26-22-20(25)21-10-14-7-15(11-21)9-16(8-14)12-21/h1-4,14-16H,5-13H2,(H,22,25). The molecule has 6 rings (SSSR count). The number of nitrogens with one attached hydrogen (secondary N) is 1. The number of nitrogens with zero attached hydrogens (tertiary/aromatic N) is 1. The lowest BCUT2D eigenvalue weighted by molar-refractivity contribution is -0.160. The van der Waals surface area contributed by atoms with Crippen molar-refractivity contribution in [3.05, 3.63) is 29.8 Å². The van der Waals surface area contributed by atoms with Gasteiger partial charge >= 0.3 is 0 Å². The Bertz CT molecular complexity index is 709. The summed E-state index contributed by atoms with van der Waals surface area (Å²) in [5, 5.41) is 0. The number of benzene rings is 1. The van der Waals surface area contributed by atoms with Gasteiger partial charge in [0, 0.05) is 12.2 Å². The van der Waals surface area contributed by atoms with Crippen molar-refractivity contribution in [1.82, 2.24) is 5.48 Å². The smallest absolute Gasteiger partial charge is 0.255 e. The van der Waals surface area contributed by atoms with E-state index in [1.807, 2.05) is 18.2 Å². The SMILES string of the molecule is O=C(CONC(=O)C12CC3CC(CC(C3)C1)C2)N1CCc2ccccc21. The molecule has 138 valence electrons. The molecule has 0 saturated heterocycles.